The summed E-state index contributed by atoms with van der Waals surface area (Å²) in [5.41, 5.74) is 3.30. The Hall–Kier alpha value is -0.430. The van der Waals surface area contributed by atoms with Gasteiger partial charge in [-0.1, -0.05) is 52.0 Å². The van der Waals surface area contributed by atoms with E-state index in [-0.39, 0.29) is 0 Å². The maximum Gasteiger partial charge on any atom is -0.00978 e. The second-order valence-electron chi connectivity index (χ2n) is 6.25. The average molecular weight is 264 g/mol. The second-order valence-corrected chi connectivity index (χ2v) is 6.70. The van der Waals surface area contributed by atoms with Crippen molar-refractivity contribution < 1.29 is 0 Å². The SMILES string of the molecule is CCC(c1ccc(CCCCS)cc1)C(C)(C)C. The van der Waals surface area contributed by atoms with Crippen LogP contribution in [0, 0.1) is 5.41 Å². The highest BCUT2D eigenvalue weighted by Crippen LogP contribution is 2.37. The van der Waals surface area contributed by atoms with E-state index in [1.54, 1.807) is 0 Å². The number of hydrogen-bond donors (Lipinski definition) is 1. The molecular weight excluding hydrogens is 236 g/mol. The summed E-state index contributed by atoms with van der Waals surface area (Å²) in [7, 11) is 0. The standard InChI is InChI=1S/C17H28S/c1-5-16(17(2,3)4)15-11-9-14(10-12-15)8-6-7-13-18/h9-12,16,18H,5-8,13H2,1-4H3. The first kappa shape index (κ1) is 15.6. The molecule has 0 bridgehead atoms. The molecule has 0 aliphatic rings. The van der Waals surface area contributed by atoms with Crippen LogP contribution < -0.4 is 0 Å². The lowest BCUT2D eigenvalue weighted by molar-refractivity contribution is 0.312. The van der Waals surface area contributed by atoms with Gasteiger partial charge in [-0.3, -0.25) is 0 Å². The molecule has 0 heterocycles. The zero-order valence-electron chi connectivity index (χ0n) is 12.4. The van der Waals surface area contributed by atoms with Crippen LogP contribution in [0.25, 0.3) is 0 Å². The minimum atomic E-state index is 0.349. The van der Waals surface area contributed by atoms with Gasteiger partial charge in [-0.25, -0.2) is 0 Å². The Labute approximate surface area is 119 Å². The molecule has 0 aliphatic heterocycles. The molecule has 0 radical (unpaired) electrons. The van der Waals surface area contributed by atoms with Crippen LogP contribution in [0.15, 0.2) is 24.3 Å². The molecule has 0 amide bonds. The number of aryl methyl sites for hydroxylation is 1. The predicted octanol–water partition coefficient (Wildman–Crippen LogP) is 5.48. The third-order valence-corrected chi connectivity index (χ3v) is 4.03. The van der Waals surface area contributed by atoms with Gasteiger partial charge in [0.1, 0.15) is 0 Å². The van der Waals surface area contributed by atoms with Crippen molar-refractivity contribution >= 4 is 12.6 Å². The number of rotatable bonds is 6. The van der Waals surface area contributed by atoms with Gasteiger partial charge in [-0.05, 0) is 53.9 Å². The molecule has 0 saturated heterocycles. The zero-order valence-corrected chi connectivity index (χ0v) is 13.3. The van der Waals surface area contributed by atoms with E-state index in [2.05, 4.69) is 64.6 Å². The van der Waals surface area contributed by atoms with Crippen molar-refractivity contribution in [1.29, 1.82) is 0 Å². The van der Waals surface area contributed by atoms with Gasteiger partial charge >= 0.3 is 0 Å². The van der Waals surface area contributed by atoms with Gasteiger partial charge in [-0.2, -0.15) is 12.6 Å². The van der Waals surface area contributed by atoms with Crippen LogP contribution in [0.4, 0.5) is 0 Å². The lowest BCUT2D eigenvalue weighted by atomic mass is 9.75. The van der Waals surface area contributed by atoms with Crippen LogP contribution in [0.2, 0.25) is 0 Å². The first-order valence-electron chi connectivity index (χ1n) is 7.18. The summed E-state index contributed by atoms with van der Waals surface area (Å²) in [5, 5.41) is 0. The minimum Gasteiger partial charge on any atom is -0.179 e. The van der Waals surface area contributed by atoms with Gasteiger partial charge in [0.2, 0.25) is 0 Å². The van der Waals surface area contributed by atoms with Gasteiger partial charge in [0.05, 0.1) is 0 Å². The summed E-state index contributed by atoms with van der Waals surface area (Å²) in [6.45, 7) is 9.29. The molecule has 0 aromatic heterocycles. The average Bonchev–Trinajstić information content (AvgIpc) is 2.30. The van der Waals surface area contributed by atoms with Crippen LogP contribution in [0.1, 0.15) is 64.0 Å². The van der Waals surface area contributed by atoms with E-state index in [4.69, 9.17) is 0 Å². The highest BCUT2D eigenvalue weighted by Gasteiger charge is 2.24. The van der Waals surface area contributed by atoms with E-state index in [1.165, 1.54) is 36.8 Å². The maximum absolute atomic E-state index is 4.25. The fourth-order valence-corrected chi connectivity index (χ4v) is 2.93. The van der Waals surface area contributed by atoms with Crippen LogP contribution in [-0.2, 0) is 6.42 Å². The quantitative estimate of drug-likeness (QED) is 0.510. The third kappa shape index (κ3) is 4.68. The van der Waals surface area contributed by atoms with E-state index in [0.717, 1.165) is 5.75 Å². The molecule has 0 aliphatic carbocycles. The molecule has 1 atom stereocenters. The first-order valence-corrected chi connectivity index (χ1v) is 7.82. The lowest BCUT2D eigenvalue weighted by Crippen LogP contribution is -2.17. The van der Waals surface area contributed by atoms with Crippen molar-refractivity contribution in [3.63, 3.8) is 0 Å². The molecule has 1 rings (SSSR count). The van der Waals surface area contributed by atoms with Gasteiger partial charge in [0.15, 0.2) is 0 Å². The summed E-state index contributed by atoms with van der Waals surface area (Å²) in [6, 6.07) is 9.27. The van der Waals surface area contributed by atoms with E-state index >= 15 is 0 Å². The Balaban J connectivity index is 2.69. The largest absolute Gasteiger partial charge is 0.179 e. The van der Waals surface area contributed by atoms with Crippen LogP contribution in [0.3, 0.4) is 0 Å². The van der Waals surface area contributed by atoms with Crippen molar-refractivity contribution in [2.75, 3.05) is 5.75 Å². The Morgan fingerprint density at radius 2 is 1.67 bits per heavy atom. The Morgan fingerprint density at radius 3 is 2.11 bits per heavy atom. The van der Waals surface area contributed by atoms with Crippen LogP contribution >= 0.6 is 12.6 Å². The minimum absolute atomic E-state index is 0.349. The topological polar surface area (TPSA) is 0 Å². The van der Waals surface area contributed by atoms with E-state index in [0.29, 0.717) is 11.3 Å². The van der Waals surface area contributed by atoms with Crippen LogP contribution in [0.5, 0.6) is 0 Å². The summed E-state index contributed by atoms with van der Waals surface area (Å²) in [5.74, 6) is 1.66. The summed E-state index contributed by atoms with van der Waals surface area (Å²) >= 11 is 4.25. The molecular formula is C17H28S. The Morgan fingerprint density at radius 1 is 1.06 bits per heavy atom. The Bertz CT molecular complexity index is 332. The number of unbranched alkanes of at least 4 members (excludes halogenated alkanes) is 1. The Kier molecular flexibility index (Phi) is 6.28. The summed E-state index contributed by atoms with van der Waals surface area (Å²) < 4.78 is 0. The van der Waals surface area contributed by atoms with Gasteiger partial charge in [0.25, 0.3) is 0 Å². The van der Waals surface area contributed by atoms with Gasteiger partial charge < -0.3 is 0 Å². The van der Waals surface area contributed by atoms with Crippen molar-refractivity contribution in [2.24, 2.45) is 5.41 Å². The molecule has 0 fully saturated rings. The summed E-state index contributed by atoms with van der Waals surface area (Å²) in [6.07, 6.45) is 4.86. The molecule has 0 nitrogen and oxygen atoms in total. The van der Waals surface area contributed by atoms with Crippen molar-refractivity contribution in [3.05, 3.63) is 35.4 Å². The first-order chi connectivity index (χ1) is 8.49. The molecule has 0 spiro atoms. The number of thiol groups is 1. The van der Waals surface area contributed by atoms with Gasteiger partial charge in [0, 0.05) is 0 Å². The van der Waals surface area contributed by atoms with Crippen molar-refractivity contribution in [2.45, 2.75) is 59.3 Å². The predicted molar refractivity (Wildman–Crippen MR) is 85.7 cm³/mol. The smallest absolute Gasteiger partial charge is 0.00978 e. The van der Waals surface area contributed by atoms with Gasteiger partial charge in [-0.15, -0.1) is 0 Å². The molecule has 0 N–H and O–H groups in total. The highest BCUT2D eigenvalue weighted by molar-refractivity contribution is 7.80. The monoisotopic (exact) mass is 264 g/mol. The number of hydrogen-bond acceptors (Lipinski definition) is 1. The highest BCUT2D eigenvalue weighted by atomic mass is 32.1. The fraction of sp³-hybridized carbons (Fsp3) is 0.647. The summed E-state index contributed by atoms with van der Waals surface area (Å²) in [4.78, 5) is 0. The zero-order chi connectivity index (χ0) is 13.6. The third-order valence-electron chi connectivity index (χ3n) is 3.71. The van der Waals surface area contributed by atoms with E-state index < -0.39 is 0 Å². The second kappa shape index (κ2) is 7.23. The molecule has 102 valence electrons. The van der Waals surface area contributed by atoms with E-state index in [1.807, 2.05) is 0 Å². The fourth-order valence-electron chi connectivity index (χ4n) is 2.71. The molecule has 1 unspecified atom stereocenters. The maximum atomic E-state index is 4.25. The molecule has 1 aromatic rings. The molecule has 18 heavy (non-hydrogen) atoms. The number of benzene rings is 1. The van der Waals surface area contributed by atoms with Crippen LogP contribution in [-0.4, -0.2) is 5.75 Å². The molecule has 1 heteroatoms. The van der Waals surface area contributed by atoms with E-state index in [9.17, 15) is 0 Å². The van der Waals surface area contributed by atoms with Crippen molar-refractivity contribution in [1.82, 2.24) is 0 Å². The normalized spacial score (nSPS) is 13.6. The molecule has 1 aromatic carbocycles. The molecule has 0 saturated carbocycles. The lowest BCUT2D eigenvalue weighted by Gasteiger charge is -2.30. The van der Waals surface area contributed by atoms with Crippen molar-refractivity contribution in [3.8, 4) is 0 Å².